The number of nitrogens with zero attached hydrogens (tertiary/aromatic N) is 1. The molecule has 1 saturated heterocycles. The number of aliphatic hydroxyl groups excluding tert-OH is 1. The molecule has 1 aliphatic rings. The van der Waals surface area contributed by atoms with Crippen molar-refractivity contribution in [2.45, 2.75) is 18.3 Å². The first-order valence-corrected chi connectivity index (χ1v) is 6.39. The molecule has 1 heterocycles. The summed E-state index contributed by atoms with van der Waals surface area (Å²) in [7, 11) is 1.53. The van der Waals surface area contributed by atoms with E-state index in [9.17, 15) is 23.1 Å². The van der Waals surface area contributed by atoms with Crippen LogP contribution in [0.1, 0.15) is 5.56 Å². The van der Waals surface area contributed by atoms with E-state index in [2.05, 4.69) is 10.6 Å². The van der Waals surface area contributed by atoms with Crippen LogP contribution in [0.5, 0.6) is 0 Å². The van der Waals surface area contributed by atoms with Gasteiger partial charge in [0.1, 0.15) is 0 Å². The van der Waals surface area contributed by atoms with Gasteiger partial charge in [-0.15, -0.1) is 0 Å². The Morgan fingerprint density at radius 2 is 1.95 bits per heavy atom. The summed E-state index contributed by atoms with van der Waals surface area (Å²) in [6.07, 6.45) is -5.06. The summed E-state index contributed by atoms with van der Waals surface area (Å²) in [6.45, 7) is 0.876. The number of carbonyl (C=O) groups excluding carboxylic acids is 1. The van der Waals surface area contributed by atoms with Crippen molar-refractivity contribution in [1.82, 2.24) is 10.2 Å². The Morgan fingerprint density at radius 3 is 2.43 bits per heavy atom. The predicted molar refractivity (Wildman–Crippen MR) is 70.9 cm³/mol. The van der Waals surface area contributed by atoms with Gasteiger partial charge in [0, 0.05) is 25.8 Å². The largest absolute Gasteiger partial charge is 0.416 e. The predicted octanol–water partition coefficient (Wildman–Crippen LogP) is 1.50. The lowest BCUT2D eigenvalue weighted by molar-refractivity contribution is -0.137. The minimum absolute atomic E-state index is 0.264. The van der Waals surface area contributed by atoms with Crippen LogP contribution in [-0.2, 0) is 6.18 Å². The van der Waals surface area contributed by atoms with Crippen molar-refractivity contribution in [3.63, 3.8) is 0 Å². The minimum Gasteiger partial charge on any atom is -0.390 e. The first-order valence-electron chi connectivity index (χ1n) is 6.39. The maximum atomic E-state index is 12.4. The number of alkyl halides is 3. The van der Waals surface area contributed by atoms with Gasteiger partial charge in [0.25, 0.3) is 0 Å². The smallest absolute Gasteiger partial charge is 0.390 e. The average molecular weight is 303 g/mol. The molecular formula is C13H16F3N3O2. The van der Waals surface area contributed by atoms with Crippen molar-refractivity contribution >= 4 is 11.7 Å². The second-order valence-electron chi connectivity index (χ2n) is 4.91. The van der Waals surface area contributed by atoms with Crippen LogP contribution in [-0.4, -0.2) is 48.3 Å². The topological polar surface area (TPSA) is 64.6 Å². The number of carbonyl (C=O) groups is 1. The molecule has 8 heteroatoms. The van der Waals surface area contributed by atoms with E-state index < -0.39 is 23.9 Å². The Balaban J connectivity index is 1.99. The van der Waals surface area contributed by atoms with Crippen LogP contribution in [0.25, 0.3) is 0 Å². The molecule has 2 rings (SSSR count). The van der Waals surface area contributed by atoms with Crippen LogP contribution in [0.2, 0.25) is 0 Å². The van der Waals surface area contributed by atoms with Crippen molar-refractivity contribution in [3.8, 4) is 0 Å². The summed E-state index contributed by atoms with van der Waals surface area (Å²) in [6, 6.07) is 3.35. The SMILES string of the molecule is CN(C(=O)Nc1ccc(C(F)(F)F)cc1)[C@@H]1CNC[C@H]1O. The van der Waals surface area contributed by atoms with Crippen LogP contribution >= 0.6 is 0 Å². The lowest BCUT2D eigenvalue weighted by Gasteiger charge is -2.26. The molecule has 3 N–H and O–H groups in total. The highest BCUT2D eigenvalue weighted by Crippen LogP contribution is 2.29. The molecule has 0 aromatic heterocycles. The number of anilines is 1. The zero-order valence-corrected chi connectivity index (χ0v) is 11.3. The van der Waals surface area contributed by atoms with E-state index in [-0.39, 0.29) is 11.7 Å². The van der Waals surface area contributed by atoms with Crippen molar-refractivity contribution in [2.75, 3.05) is 25.5 Å². The fraction of sp³-hybridized carbons (Fsp3) is 0.462. The summed E-state index contributed by atoms with van der Waals surface area (Å²) in [4.78, 5) is 13.3. The van der Waals surface area contributed by atoms with Gasteiger partial charge in [0.2, 0.25) is 0 Å². The molecule has 0 bridgehead atoms. The highest BCUT2D eigenvalue weighted by atomic mass is 19.4. The molecule has 21 heavy (non-hydrogen) atoms. The summed E-state index contributed by atoms with van der Waals surface area (Å²) >= 11 is 0. The molecule has 1 fully saturated rings. The first-order chi connectivity index (χ1) is 9.79. The van der Waals surface area contributed by atoms with E-state index in [4.69, 9.17) is 0 Å². The number of rotatable bonds is 2. The Labute approximate surface area is 119 Å². The minimum atomic E-state index is -4.40. The molecule has 0 unspecified atom stereocenters. The maximum absolute atomic E-state index is 12.4. The molecule has 1 aromatic rings. The standard InChI is InChI=1S/C13H16F3N3O2/c1-19(10-6-17-7-11(10)20)12(21)18-9-4-2-8(3-5-9)13(14,15)16/h2-5,10-11,17,20H,6-7H2,1H3,(H,18,21)/t10-,11-/m1/s1. The Bertz CT molecular complexity index is 504. The lowest BCUT2D eigenvalue weighted by atomic mass is 10.2. The summed E-state index contributed by atoms with van der Waals surface area (Å²) in [5.41, 5.74) is -0.510. The van der Waals surface area contributed by atoms with E-state index in [1.165, 1.54) is 24.1 Å². The summed E-state index contributed by atoms with van der Waals surface area (Å²) in [5.74, 6) is 0. The van der Waals surface area contributed by atoms with E-state index >= 15 is 0 Å². The Hall–Kier alpha value is -1.80. The van der Waals surface area contributed by atoms with E-state index in [0.29, 0.717) is 13.1 Å². The van der Waals surface area contributed by atoms with Gasteiger partial charge < -0.3 is 20.6 Å². The maximum Gasteiger partial charge on any atom is 0.416 e. The number of likely N-dealkylation sites (N-methyl/N-ethyl adjacent to an activating group) is 1. The zero-order chi connectivity index (χ0) is 15.6. The molecule has 1 aliphatic heterocycles. The van der Waals surface area contributed by atoms with Crippen molar-refractivity contribution in [3.05, 3.63) is 29.8 Å². The number of amides is 2. The number of halogens is 3. The van der Waals surface area contributed by atoms with Crippen LogP contribution in [0.15, 0.2) is 24.3 Å². The molecule has 0 radical (unpaired) electrons. The number of hydrogen-bond donors (Lipinski definition) is 3. The monoisotopic (exact) mass is 303 g/mol. The van der Waals surface area contributed by atoms with Gasteiger partial charge in [-0.25, -0.2) is 4.79 Å². The van der Waals surface area contributed by atoms with Crippen LogP contribution in [0.3, 0.4) is 0 Å². The van der Waals surface area contributed by atoms with Crippen LogP contribution in [0.4, 0.5) is 23.7 Å². The number of urea groups is 1. The van der Waals surface area contributed by atoms with Gasteiger partial charge in [-0.2, -0.15) is 13.2 Å². The highest BCUT2D eigenvalue weighted by Gasteiger charge is 2.32. The van der Waals surface area contributed by atoms with Gasteiger partial charge in [-0.1, -0.05) is 0 Å². The quantitative estimate of drug-likeness (QED) is 0.776. The third-order valence-corrected chi connectivity index (χ3v) is 3.43. The molecule has 116 valence electrons. The number of nitrogens with one attached hydrogen (secondary N) is 2. The molecule has 1 aromatic carbocycles. The van der Waals surface area contributed by atoms with Crippen molar-refractivity contribution in [1.29, 1.82) is 0 Å². The second-order valence-corrected chi connectivity index (χ2v) is 4.91. The average Bonchev–Trinajstić information content (AvgIpc) is 2.83. The molecule has 2 atom stereocenters. The Kier molecular flexibility index (Phi) is 4.38. The normalized spacial score (nSPS) is 22.1. The molecule has 2 amide bonds. The van der Waals surface area contributed by atoms with E-state index in [1.54, 1.807) is 0 Å². The molecule has 0 saturated carbocycles. The molecule has 0 aliphatic carbocycles. The molecule has 5 nitrogen and oxygen atoms in total. The Morgan fingerprint density at radius 1 is 1.33 bits per heavy atom. The van der Waals surface area contributed by atoms with E-state index in [1.807, 2.05) is 0 Å². The van der Waals surface area contributed by atoms with Gasteiger partial charge in [0.05, 0.1) is 17.7 Å². The van der Waals surface area contributed by atoms with Gasteiger partial charge in [0.15, 0.2) is 0 Å². The number of aliphatic hydroxyl groups is 1. The third-order valence-electron chi connectivity index (χ3n) is 3.43. The van der Waals surface area contributed by atoms with E-state index in [0.717, 1.165) is 12.1 Å². The van der Waals surface area contributed by atoms with Crippen LogP contribution in [0, 0.1) is 0 Å². The van der Waals surface area contributed by atoms with Crippen LogP contribution < -0.4 is 10.6 Å². The van der Waals surface area contributed by atoms with Crippen molar-refractivity contribution in [2.24, 2.45) is 0 Å². The molecular weight excluding hydrogens is 287 g/mol. The summed E-state index contributed by atoms with van der Waals surface area (Å²) in [5, 5.41) is 15.1. The number of hydrogen-bond acceptors (Lipinski definition) is 3. The lowest BCUT2D eigenvalue weighted by Crippen LogP contribution is -2.46. The summed E-state index contributed by atoms with van der Waals surface area (Å²) < 4.78 is 37.3. The second kappa shape index (κ2) is 5.90. The van der Waals surface area contributed by atoms with Gasteiger partial charge >= 0.3 is 12.2 Å². The third kappa shape index (κ3) is 3.64. The fourth-order valence-electron chi connectivity index (χ4n) is 2.15. The van der Waals surface area contributed by atoms with Gasteiger partial charge in [-0.3, -0.25) is 0 Å². The fourth-order valence-corrected chi connectivity index (χ4v) is 2.15. The molecule has 0 spiro atoms. The number of benzene rings is 1. The zero-order valence-electron chi connectivity index (χ0n) is 11.3. The van der Waals surface area contributed by atoms with Crippen molar-refractivity contribution < 1.29 is 23.1 Å². The number of β-amino-alcohol motifs (C(OH)–C–C–N with tert-alkyl or cyclic N) is 1. The van der Waals surface area contributed by atoms with Gasteiger partial charge in [-0.05, 0) is 24.3 Å². The first kappa shape index (κ1) is 15.6. The highest BCUT2D eigenvalue weighted by molar-refractivity contribution is 5.89.